The molecule has 0 radical (unpaired) electrons. The molecule has 2 aliphatic heterocycles. The molecule has 2 aliphatic rings. The van der Waals surface area contributed by atoms with Gasteiger partial charge in [-0.2, -0.15) is 0 Å². The van der Waals surface area contributed by atoms with Gasteiger partial charge in [0.25, 0.3) is 0 Å². The minimum Gasteiger partial charge on any atom is -0.394 e. The highest BCUT2D eigenvalue weighted by Gasteiger charge is 2.45. The summed E-state index contributed by atoms with van der Waals surface area (Å²) < 4.78 is 1.97. The Kier molecular flexibility index (Phi) is 4.12. The number of aliphatic imine (C=N–C) groups is 1. The summed E-state index contributed by atoms with van der Waals surface area (Å²) in [4.78, 5) is 30.5. The SMILES string of the molecule is CC(C)C1(c2ncn3c2CN(C(=O)N(C)C)c2c(Cl)cccc2-3)N=CON1. The van der Waals surface area contributed by atoms with Crippen LogP contribution in [0.25, 0.3) is 5.69 Å². The van der Waals surface area contributed by atoms with Gasteiger partial charge in [0.05, 0.1) is 28.6 Å². The summed E-state index contributed by atoms with van der Waals surface area (Å²) >= 11 is 6.46. The zero-order chi connectivity index (χ0) is 19.3. The van der Waals surface area contributed by atoms with Gasteiger partial charge in [0.15, 0.2) is 12.1 Å². The van der Waals surface area contributed by atoms with E-state index in [0.29, 0.717) is 17.3 Å². The number of rotatable bonds is 2. The van der Waals surface area contributed by atoms with Crippen LogP contribution in [0.3, 0.4) is 0 Å². The van der Waals surface area contributed by atoms with E-state index in [-0.39, 0.29) is 11.9 Å². The minimum absolute atomic E-state index is 0.0783. The van der Waals surface area contributed by atoms with Crippen LogP contribution in [-0.4, -0.2) is 41.0 Å². The fraction of sp³-hybridized carbons (Fsp3) is 0.389. The lowest BCUT2D eigenvalue weighted by Crippen LogP contribution is -2.45. The number of carbonyl (C=O) groups excluding carboxylic acids is 1. The predicted octanol–water partition coefficient (Wildman–Crippen LogP) is 2.90. The molecule has 3 heterocycles. The van der Waals surface area contributed by atoms with Gasteiger partial charge in [-0.1, -0.05) is 31.5 Å². The van der Waals surface area contributed by atoms with Gasteiger partial charge in [-0.15, -0.1) is 5.48 Å². The van der Waals surface area contributed by atoms with Gasteiger partial charge >= 0.3 is 6.03 Å². The van der Waals surface area contributed by atoms with Crippen LogP contribution >= 0.6 is 11.6 Å². The molecule has 1 unspecified atom stereocenters. The zero-order valence-corrected chi connectivity index (χ0v) is 16.4. The van der Waals surface area contributed by atoms with Crippen molar-refractivity contribution in [3.8, 4) is 5.69 Å². The van der Waals surface area contributed by atoms with Gasteiger partial charge in [-0.05, 0) is 12.1 Å². The second-order valence-corrected chi connectivity index (χ2v) is 7.56. The van der Waals surface area contributed by atoms with Gasteiger partial charge in [0, 0.05) is 20.0 Å². The molecule has 0 saturated heterocycles. The third kappa shape index (κ3) is 2.51. The summed E-state index contributed by atoms with van der Waals surface area (Å²) in [5.74, 6) is 0.0783. The average Bonchev–Trinajstić information content (AvgIpc) is 3.28. The number of aromatic nitrogens is 2. The van der Waals surface area contributed by atoms with E-state index in [4.69, 9.17) is 16.4 Å². The number of fused-ring (bicyclic) bond motifs is 3. The Hall–Kier alpha value is -2.58. The number of para-hydroxylation sites is 1. The van der Waals surface area contributed by atoms with Crippen molar-refractivity contribution in [2.24, 2.45) is 10.9 Å². The molecule has 0 aliphatic carbocycles. The molecule has 9 heteroatoms. The highest BCUT2D eigenvalue weighted by atomic mass is 35.5. The molecule has 0 spiro atoms. The lowest BCUT2D eigenvalue weighted by Gasteiger charge is -2.35. The van der Waals surface area contributed by atoms with Crippen LogP contribution in [0.2, 0.25) is 5.02 Å². The molecule has 0 saturated carbocycles. The van der Waals surface area contributed by atoms with E-state index in [0.717, 1.165) is 17.1 Å². The second kappa shape index (κ2) is 6.24. The topological polar surface area (TPSA) is 75.0 Å². The van der Waals surface area contributed by atoms with Crippen molar-refractivity contribution in [1.29, 1.82) is 0 Å². The molecular formula is C18H21ClN6O2. The lowest BCUT2D eigenvalue weighted by atomic mass is 9.92. The van der Waals surface area contributed by atoms with E-state index >= 15 is 0 Å². The number of amides is 2. The molecular weight excluding hydrogens is 368 g/mol. The third-order valence-corrected chi connectivity index (χ3v) is 5.31. The quantitative estimate of drug-likeness (QED) is 0.858. The maximum absolute atomic E-state index is 12.9. The summed E-state index contributed by atoms with van der Waals surface area (Å²) in [6, 6.07) is 5.42. The first-order chi connectivity index (χ1) is 12.9. The molecule has 142 valence electrons. The average molecular weight is 389 g/mol. The zero-order valence-electron chi connectivity index (χ0n) is 15.6. The van der Waals surface area contributed by atoms with Crippen molar-refractivity contribution in [3.05, 3.63) is 40.9 Å². The molecule has 0 bridgehead atoms. The molecule has 27 heavy (non-hydrogen) atoms. The van der Waals surface area contributed by atoms with Gasteiger partial charge in [-0.3, -0.25) is 9.47 Å². The van der Waals surface area contributed by atoms with E-state index in [1.807, 2.05) is 30.5 Å². The summed E-state index contributed by atoms with van der Waals surface area (Å²) in [5, 5.41) is 0.516. The Morgan fingerprint density at radius 3 is 2.81 bits per heavy atom. The number of imidazole rings is 1. The van der Waals surface area contributed by atoms with E-state index in [1.165, 1.54) is 11.3 Å². The Morgan fingerprint density at radius 1 is 1.41 bits per heavy atom. The Bertz CT molecular complexity index is 938. The molecule has 0 fully saturated rings. The Morgan fingerprint density at radius 2 is 2.19 bits per heavy atom. The van der Waals surface area contributed by atoms with Crippen LogP contribution in [0, 0.1) is 5.92 Å². The third-order valence-electron chi connectivity index (χ3n) is 5.00. The number of nitrogens with one attached hydrogen (secondary N) is 1. The summed E-state index contributed by atoms with van der Waals surface area (Å²) in [6.45, 7) is 4.41. The van der Waals surface area contributed by atoms with E-state index in [1.54, 1.807) is 31.4 Å². The first-order valence-corrected chi connectivity index (χ1v) is 9.05. The summed E-state index contributed by atoms with van der Waals surface area (Å²) in [6.07, 6.45) is 3.14. The maximum atomic E-state index is 12.9. The fourth-order valence-corrected chi connectivity index (χ4v) is 3.82. The number of hydrogen-bond acceptors (Lipinski definition) is 5. The van der Waals surface area contributed by atoms with Gasteiger partial charge in [0.1, 0.15) is 12.0 Å². The fourth-order valence-electron chi connectivity index (χ4n) is 3.55. The van der Waals surface area contributed by atoms with Crippen molar-refractivity contribution in [3.63, 3.8) is 0 Å². The lowest BCUT2D eigenvalue weighted by molar-refractivity contribution is 0.0854. The number of urea groups is 1. The number of halogens is 1. The van der Waals surface area contributed by atoms with Crippen molar-refractivity contribution >= 4 is 29.7 Å². The Balaban J connectivity index is 1.93. The molecule has 8 nitrogen and oxygen atoms in total. The second-order valence-electron chi connectivity index (χ2n) is 7.16. The highest BCUT2D eigenvalue weighted by molar-refractivity contribution is 6.34. The normalized spacial score (nSPS) is 20.4. The minimum atomic E-state index is -0.802. The number of nitrogens with zero attached hydrogens (tertiary/aromatic N) is 5. The standard InChI is InChI=1S/C18H21ClN6O2/c1-11(2)18(21-10-27-22-18)16-14-8-24(17(26)23(3)4)15-12(19)6-5-7-13(15)25(14)9-20-16/h5-7,9-11,22H,8H2,1-4H3. The first kappa shape index (κ1) is 17.8. The molecule has 2 aromatic rings. The monoisotopic (exact) mass is 388 g/mol. The maximum Gasteiger partial charge on any atom is 0.324 e. The van der Waals surface area contributed by atoms with Crippen LogP contribution < -0.4 is 10.4 Å². The highest BCUT2D eigenvalue weighted by Crippen LogP contribution is 2.42. The van der Waals surface area contributed by atoms with E-state index < -0.39 is 5.66 Å². The van der Waals surface area contributed by atoms with Crippen LogP contribution in [0.1, 0.15) is 25.2 Å². The molecule has 1 atom stereocenters. The number of benzene rings is 1. The molecule has 1 aromatic carbocycles. The molecule has 2 amide bonds. The van der Waals surface area contributed by atoms with Crippen molar-refractivity contribution < 1.29 is 9.63 Å². The van der Waals surface area contributed by atoms with Crippen LogP contribution in [0.15, 0.2) is 29.5 Å². The number of anilines is 1. The molecule has 1 aromatic heterocycles. The summed E-state index contributed by atoms with van der Waals surface area (Å²) in [5.41, 5.74) is 5.26. The van der Waals surface area contributed by atoms with Crippen LogP contribution in [0.4, 0.5) is 10.5 Å². The van der Waals surface area contributed by atoms with Crippen LogP contribution in [-0.2, 0) is 17.0 Å². The van der Waals surface area contributed by atoms with Crippen molar-refractivity contribution in [2.75, 3.05) is 19.0 Å². The van der Waals surface area contributed by atoms with Gasteiger partial charge in [0.2, 0.25) is 0 Å². The van der Waals surface area contributed by atoms with Gasteiger partial charge < -0.3 is 9.74 Å². The van der Waals surface area contributed by atoms with E-state index in [9.17, 15) is 4.79 Å². The Labute approximate surface area is 162 Å². The van der Waals surface area contributed by atoms with E-state index in [2.05, 4.69) is 15.5 Å². The smallest absolute Gasteiger partial charge is 0.324 e. The summed E-state index contributed by atoms with van der Waals surface area (Å²) in [7, 11) is 3.44. The molecule has 1 N–H and O–H groups in total. The number of hydroxylamine groups is 1. The number of carbonyl (C=O) groups is 1. The number of hydrogen-bond donors (Lipinski definition) is 1. The first-order valence-electron chi connectivity index (χ1n) is 8.67. The predicted molar refractivity (Wildman–Crippen MR) is 103 cm³/mol. The van der Waals surface area contributed by atoms with Crippen LogP contribution in [0.5, 0.6) is 0 Å². The largest absolute Gasteiger partial charge is 0.394 e. The van der Waals surface area contributed by atoms with Gasteiger partial charge in [-0.25, -0.2) is 14.8 Å². The van der Waals surface area contributed by atoms with Crippen molar-refractivity contribution in [2.45, 2.75) is 26.1 Å². The molecule has 4 rings (SSSR count). The van der Waals surface area contributed by atoms with Crippen molar-refractivity contribution in [1.82, 2.24) is 19.9 Å².